The van der Waals surface area contributed by atoms with Crippen molar-refractivity contribution in [3.05, 3.63) is 58.6 Å². The monoisotopic (exact) mass is 341 g/mol. The predicted octanol–water partition coefficient (Wildman–Crippen LogP) is 4.30. The molecule has 6 heteroatoms. The summed E-state index contributed by atoms with van der Waals surface area (Å²) in [6.07, 6.45) is 0. The molecule has 0 atom stereocenters. The summed E-state index contributed by atoms with van der Waals surface area (Å²) in [5.41, 5.74) is 0.990. The molecule has 0 unspecified atom stereocenters. The largest absolute Gasteiger partial charge is 0.435 e. The van der Waals surface area contributed by atoms with E-state index in [0.717, 1.165) is 4.47 Å². The highest BCUT2D eigenvalue weighted by Crippen LogP contribution is 2.19. The van der Waals surface area contributed by atoms with Gasteiger partial charge in [-0.2, -0.15) is 8.78 Å². The normalized spacial score (nSPS) is 10.4. The van der Waals surface area contributed by atoms with Crippen molar-refractivity contribution in [3.8, 4) is 5.75 Å². The van der Waals surface area contributed by atoms with Crippen LogP contribution in [-0.2, 0) is 0 Å². The molecule has 1 amide bonds. The van der Waals surface area contributed by atoms with Crippen LogP contribution in [0.15, 0.2) is 53.0 Å². The van der Waals surface area contributed by atoms with Crippen molar-refractivity contribution in [2.75, 3.05) is 5.32 Å². The molecule has 2 aromatic rings. The fraction of sp³-hybridized carbons (Fsp3) is 0.0714. The number of carbonyl (C=O) groups excluding carboxylic acids is 1. The quantitative estimate of drug-likeness (QED) is 0.900. The maximum atomic E-state index is 12.0. The zero-order valence-corrected chi connectivity index (χ0v) is 11.7. The molecule has 20 heavy (non-hydrogen) atoms. The Morgan fingerprint density at radius 1 is 1.15 bits per heavy atom. The van der Waals surface area contributed by atoms with Gasteiger partial charge < -0.3 is 10.1 Å². The molecule has 0 aliphatic carbocycles. The van der Waals surface area contributed by atoms with E-state index in [1.165, 1.54) is 24.3 Å². The number of hydrogen-bond acceptors (Lipinski definition) is 2. The topological polar surface area (TPSA) is 38.3 Å². The molecule has 0 aliphatic rings. The minimum atomic E-state index is -2.86. The van der Waals surface area contributed by atoms with Gasteiger partial charge in [-0.15, -0.1) is 0 Å². The number of rotatable bonds is 4. The smallest absolute Gasteiger partial charge is 0.387 e. The number of benzene rings is 2. The van der Waals surface area contributed by atoms with Crippen LogP contribution >= 0.6 is 15.9 Å². The van der Waals surface area contributed by atoms with Gasteiger partial charge in [0.2, 0.25) is 0 Å². The third kappa shape index (κ3) is 4.03. The van der Waals surface area contributed by atoms with Crippen LogP contribution in [0.5, 0.6) is 5.75 Å². The van der Waals surface area contributed by atoms with E-state index in [2.05, 4.69) is 26.0 Å². The number of halogens is 3. The number of ether oxygens (including phenoxy) is 1. The second kappa shape index (κ2) is 6.47. The van der Waals surface area contributed by atoms with E-state index in [9.17, 15) is 13.6 Å². The minimum Gasteiger partial charge on any atom is -0.435 e. The molecule has 0 radical (unpaired) electrons. The molecule has 2 rings (SSSR count). The van der Waals surface area contributed by atoms with Crippen LogP contribution in [0.1, 0.15) is 10.4 Å². The Balaban J connectivity index is 2.04. The van der Waals surface area contributed by atoms with E-state index in [4.69, 9.17) is 0 Å². The van der Waals surface area contributed by atoms with Crippen LogP contribution in [-0.4, -0.2) is 12.5 Å². The van der Waals surface area contributed by atoms with Crippen molar-refractivity contribution in [1.82, 2.24) is 0 Å². The number of alkyl halides is 2. The number of hydrogen-bond donors (Lipinski definition) is 1. The van der Waals surface area contributed by atoms with Crippen molar-refractivity contribution in [1.29, 1.82) is 0 Å². The van der Waals surface area contributed by atoms with Gasteiger partial charge in [-0.1, -0.05) is 22.0 Å². The molecule has 2 aromatic carbocycles. The summed E-state index contributed by atoms with van der Waals surface area (Å²) in [5.74, 6) is -0.241. The zero-order valence-electron chi connectivity index (χ0n) is 10.1. The van der Waals surface area contributed by atoms with Gasteiger partial charge >= 0.3 is 6.61 Å². The molecule has 0 aliphatic heterocycles. The summed E-state index contributed by atoms with van der Waals surface area (Å²) in [7, 11) is 0. The molecule has 0 heterocycles. The highest BCUT2D eigenvalue weighted by atomic mass is 79.9. The highest BCUT2D eigenvalue weighted by Gasteiger charge is 2.07. The summed E-state index contributed by atoms with van der Waals surface area (Å²) < 4.78 is 29.0. The highest BCUT2D eigenvalue weighted by molar-refractivity contribution is 9.10. The molecule has 0 saturated heterocycles. The second-order valence-electron chi connectivity index (χ2n) is 3.87. The molecule has 1 N–H and O–H groups in total. The molecule has 0 bridgehead atoms. The lowest BCUT2D eigenvalue weighted by atomic mass is 10.2. The lowest BCUT2D eigenvalue weighted by Crippen LogP contribution is -2.11. The number of carbonyl (C=O) groups is 1. The van der Waals surface area contributed by atoms with Crippen molar-refractivity contribution < 1.29 is 18.3 Å². The average Bonchev–Trinajstić information content (AvgIpc) is 2.40. The molecule has 3 nitrogen and oxygen atoms in total. The predicted molar refractivity (Wildman–Crippen MR) is 75.2 cm³/mol. The first-order valence-electron chi connectivity index (χ1n) is 5.66. The van der Waals surface area contributed by atoms with Crippen LogP contribution in [0, 0.1) is 0 Å². The summed E-state index contributed by atoms with van der Waals surface area (Å²) in [6.45, 7) is -2.86. The van der Waals surface area contributed by atoms with Gasteiger partial charge in [0, 0.05) is 15.7 Å². The molecule has 0 saturated carbocycles. The maximum absolute atomic E-state index is 12.0. The first-order chi connectivity index (χ1) is 9.54. The third-order valence-corrected chi connectivity index (χ3v) is 2.92. The molecule has 0 fully saturated rings. The van der Waals surface area contributed by atoms with Crippen LogP contribution in [0.2, 0.25) is 0 Å². The van der Waals surface area contributed by atoms with Gasteiger partial charge in [0.05, 0.1) is 0 Å². The van der Waals surface area contributed by atoms with Gasteiger partial charge in [0.25, 0.3) is 5.91 Å². The van der Waals surface area contributed by atoms with E-state index >= 15 is 0 Å². The molecular formula is C14H10BrF2NO2. The third-order valence-electron chi connectivity index (χ3n) is 2.42. The molecule has 104 valence electrons. The zero-order chi connectivity index (χ0) is 14.5. The van der Waals surface area contributed by atoms with Gasteiger partial charge in [0.1, 0.15) is 5.75 Å². The maximum Gasteiger partial charge on any atom is 0.387 e. The van der Waals surface area contributed by atoms with Gasteiger partial charge in [0.15, 0.2) is 0 Å². The Hall–Kier alpha value is -1.95. The first-order valence-corrected chi connectivity index (χ1v) is 6.46. The fourth-order valence-corrected chi connectivity index (χ4v) is 1.95. The second-order valence-corrected chi connectivity index (χ2v) is 4.78. The number of amides is 1. The number of nitrogens with one attached hydrogen (secondary N) is 1. The number of anilines is 1. The standard InChI is InChI=1S/C14H10BrF2NO2/c15-10-3-1-2-9(8-10)13(19)18-11-4-6-12(7-5-11)20-14(16)17/h1-8,14H,(H,18,19). The van der Waals surface area contributed by atoms with Gasteiger partial charge in [-0.3, -0.25) is 4.79 Å². The van der Waals surface area contributed by atoms with Crippen LogP contribution in [0.25, 0.3) is 0 Å². The summed E-state index contributed by atoms with van der Waals surface area (Å²) in [5, 5.41) is 2.66. The van der Waals surface area contributed by atoms with E-state index in [-0.39, 0.29) is 11.7 Å². The van der Waals surface area contributed by atoms with Crippen molar-refractivity contribution in [3.63, 3.8) is 0 Å². The first kappa shape index (κ1) is 14.5. The van der Waals surface area contributed by atoms with Gasteiger partial charge in [-0.25, -0.2) is 0 Å². The van der Waals surface area contributed by atoms with E-state index in [1.807, 2.05) is 6.07 Å². The Bertz CT molecular complexity index is 602. The van der Waals surface area contributed by atoms with Crippen LogP contribution in [0.4, 0.5) is 14.5 Å². The lowest BCUT2D eigenvalue weighted by molar-refractivity contribution is -0.0498. The average molecular weight is 342 g/mol. The summed E-state index contributed by atoms with van der Waals surface area (Å²) >= 11 is 3.28. The molecular weight excluding hydrogens is 332 g/mol. The minimum absolute atomic E-state index is 0.0421. The summed E-state index contributed by atoms with van der Waals surface area (Å²) in [6, 6.07) is 12.6. The molecule has 0 aromatic heterocycles. The van der Waals surface area contributed by atoms with Gasteiger partial charge in [-0.05, 0) is 42.5 Å². The Morgan fingerprint density at radius 3 is 2.45 bits per heavy atom. The van der Waals surface area contributed by atoms with E-state index in [0.29, 0.717) is 11.3 Å². The van der Waals surface area contributed by atoms with E-state index < -0.39 is 6.61 Å². The Morgan fingerprint density at radius 2 is 1.85 bits per heavy atom. The molecule has 0 spiro atoms. The van der Waals surface area contributed by atoms with E-state index in [1.54, 1.807) is 18.2 Å². The summed E-state index contributed by atoms with van der Waals surface area (Å²) in [4.78, 5) is 11.9. The van der Waals surface area contributed by atoms with Crippen molar-refractivity contribution in [2.45, 2.75) is 6.61 Å². The van der Waals surface area contributed by atoms with Crippen molar-refractivity contribution >= 4 is 27.5 Å². The van der Waals surface area contributed by atoms with Crippen molar-refractivity contribution in [2.24, 2.45) is 0 Å². The Kier molecular flexibility index (Phi) is 4.68. The fourth-order valence-electron chi connectivity index (χ4n) is 1.55. The Labute approximate surface area is 122 Å². The van der Waals surface area contributed by atoms with Crippen LogP contribution in [0.3, 0.4) is 0 Å². The SMILES string of the molecule is O=C(Nc1ccc(OC(F)F)cc1)c1cccc(Br)c1. The lowest BCUT2D eigenvalue weighted by Gasteiger charge is -2.07. The van der Waals surface area contributed by atoms with Crippen LogP contribution < -0.4 is 10.1 Å².